The van der Waals surface area contributed by atoms with Gasteiger partial charge in [0, 0.05) is 43.0 Å². The van der Waals surface area contributed by atoms with Crippen molar-refractivity contribution in [1.29, 1.82) is 0 Å². The van der Waals surface area contributed by atoms with Gasteiger partial charge in [-0.2, -0.15) is 0 Å². The van der Waals surface area contributed by atoms with E-state index in [-0.39, 0.29) is 5.78 Å². The number of para-hydroxylation sites is 1. The maximum absolute atomic E-state index is 13.6. The van der Waals surface area contributed by atoms with Crippen molar-refractivity contribution in [3.05, 3.63) is 71.8 Å². The van der Waals surface area contributed by atoms with E-state index in [1.54, 1.807) is 0 Å². The number of carbonyl (C=O) groups excluding carboxylic acids is 1. The Balaban J connectivity index is 1.63. The van der Waals surface area contributed by atoms with Gasteiger partial charge in [0.25, 0.3) is 0 Å². The second-order valence-electron chi connectivity index (χ2n) is 7.66. The third-order valence-corrected chi connectivity index (χ3v) is 5.89. The van der Waals surface area contributed by atoms with Gasteiger partial charge in [-0.25, -0.2) is 0 Å². The van der Waals surface area contributed by atoms with Crippen molar-refractivity contribution in [3.8, 4) is 11.3 Å². The van der Waals surface area contributed by atoms with Crippen LogP contribution in [0.4, 0.5) is 17.1 Å². The summed E-state index contributed by atoms with van der Waals surface area (Å²) in [5.74, 6) is 0.667. The fourth-order valence-electron chi connectivity index (χ4n) is 4.46. The Morgan fingerprint density at radius 3 is 2.50 bits per heavy atom. The molecule has 0 spiro atoms. The molecule has 1 saturated heterocycles. The summed E-state index contributed by atoms with van der Waals surface area (Å²) in [5.41, 5.74) is 5.55. The van der Waals surface area contributed by atoms with Crippen LogP contribution >= 0.6 is 0 Å². The molecule has 1 aliphatic heterocycles. The van der Waals surface area contributed by atoms with Crippen LogP contribution in [-0.2, 0) is 0 Å². The van der Waals surface area contributed by atoms with Gasteiger partial charge < -0.3 is 20.1 Å². The molecule has 0 radical (unpaired) electrons. The highest BCUT2D eigenvalue weighted by Gasteiger charge is 2.33. The van der Waals surface area contributed by atoms with Crippen molar-refractivity contribution in [2.24, 2.45) is 0 Å². The number of benzene rings is 3. The SMILES string of the molecule is O=C1c2ccccc2-c2onc3c(N4CCNCC4)cc(Nc4ccccc4)c1c23. The zero-order valence-corrected chi connectivity index (χ0v) is 16.3. The molecule has 148 valence electrons. The predicted molar refractivity (Wildman–Crippen MR) is 118 cm³/mol. The van der Waals surface area contributed by atoms with Crippen molar-refractivity contribution in [3.63, 3.8) is 0 Å². The predicted octanol–water partition coefficient (Wildman–Crippen LogP) is 4.19. The maximum Gasteiger partial charge on any atom is 0.196 e. The molecule has 0 saturated carbocycles. The van der Waals surface area contributed by atoms with E-state index in [2.05, 4.69) is 20.7 Å². The van der Waals surface area contributed by atoms with Gasteiger partial charge in [0.15, 0.2) is 11.5 Å². The number of piperazine rings is 1. The van der Waals surface area contributed by atoms with Crippen LogP contribution < -0.4 is 15.5 Å². The van der Waals surface area contributed by atoms with Crippen LogP contribution in [0.3, 0.4) is 0 Å². The number of hydrogen-bond donors (Lipinski definition) is 2. The van der Waals surface area contributed by atoms with E-state index in [0.717, 1.165) is 59.7 Å². The van der Waals surface area contributed by atoms with Gasteiger partial charge in [-0.15, -0.1) is 0 Å². The van der Waals surface area contributed by atoms with Crippen LogP contribution in [0.2, 0.25) is 0 Å². The molecule has 1 aromatic heterocycles. The van der Waals surface area contributed by atoms with Crippen molar-refractivity contribution in [2.75, 3.05) is 36.4 Å². The standard InChI is InChI=1S/C24H20N4O2/c29-23-16-8-4-5-9-17(16)24-21-20(23)18(26-15-6-2-1-3-7-15)14-19(22(21)27-30-24)28-12-10-25-11-13-28/h1-9,14,25-26H,10-13H2. The molecule has 6 nitrogen and oxygen atoms in total. The van der Waals surface area contributed by atoms with Crippen molar-refractivity contribution < 1.29 is 9.32 Å². The Kier molecular flexibility index (Phi) is 3.86. The summed E-state index contributed by atoms with van der Waals surface area (Å²) in [5, 5.41) is 12.1. The lowest BCUT2D eigenvalue weighted by Crippen LogP contribution is -2.43. The van der Waals surface area contributed by atoms with Gasteiger partial charge in [-0.1, -0.05) is 47.6 Å². The van der Waals surface area contributed by atoms with Crippen LogP contribution in [-0.4, -0.2) is 37.1 Å². The molecule has 0 amide bonds. The lowest BCUT2D eigenvalue weighted by molar-refractivity contribution is 0.104. The van der Waals surface area contributed by atoms with Crippen LogP contribution in [0.15, 0.2) is 65.2 Å². The molecule has 6 heteroatoms. The molecule has 0 atom stereocenters. The third-order valence-electron chi connectivity index (χ3n) is 5.89. The number of nitrogens with zero attached hydrogens (tertiary/aromatic N) is 2. The van der Waals surface area contributed by atoms with Gasteiger partial charge in [0.05, 0.1) is 22.3 Å². The van der Waals surface area contributed by atoms with Gasteiger partial charge in [0.2, 0.25) is 0 Å². The van der Waals surface area contributed by atoms with Crippen molar-refractivity contribution in [2.45, 2.75) is 0 Å². The van der Waals surface area contributed by atoms with Crippen molar-refractivity contribution >= 4 is 33.7 Å². The van der Waals surface area contributed by atoms with Crippen LogP contribution in [0.25, 0.3) is 22.2 Å². The van der Waals surface area contributed by atoms with E-state index in [1.165, 1.54) is 0 Å². The summed E-state index contributed by atoms with van der Waals surface area (Å²) in [4.78, 5) is 15.9. The van der Waals surface area contributed by atoms with Gasteiger partial charge >= 0.3 is 0 Å². The number of ketones is 1. The summed E-state index contributed by atoms with van der Waals surface area (Å²) in [7, 11) is 0. The highest BCUT2D eigenvalue weighted by Crippen LogP contribution is 2.46. The Bertz CT molecular complexity index is 1270. The number of aromatic nitrogens is 1. The number of anilines is 3. The van der Waals surface area contributed by atoms with Crippen LogP contribution in [0.1, 0.15) is 15.9 Å². The van der Waals surface area contributed by atoms with Crippen molar-refractivity contribution in [1.82, 2.24) is 10.5 Å². The number of hydrogen-bond acceptors (Lipinski definition) is 6. The Morgan fingerprint density at radius 2 is 1.70 bits per heavy atom. The first-order valence-electron chi connectivity index (χ1n) is 10.2. The third kappa shape index (κ3) is 2.54. The number of rotatable bonds is 3. The largest absolute Gasteiger partial charge is 0.367 e. The Labute approximate surface area is 173 Å². The molecule has 30 heavy (non-hydrogen) atoms. The number of nitrogens with one attached hydrogen (secondary N) is 2. The molecule has 2 N–H and O–H groups in total. The first-order valence-corrected chi connectivity index (χ1v) is 10.2. The summed E-state index contributed by atoms with van der Waals surface area (Å²) < 4.78 is 5.84. The smallest absolute Gasteiger partial charge is 0.196 e. The highest BCUT2D eigenvalue weighted by atomic mass is 16.5. The first-order chi connectivity index (χ1) is 14.8. The minimum atomic E-state index is -0.00316. The molecule has 6 rings (SSSR count). The zero-order valence-electron chi connectivity index (χ0n) is 16.3. The Morgan fingerprint density at radius 1 is 0.967 bits per heavy atom. The maximum atomic E-state index is 13.6. The van der Waals surface area contributed by atoms with Gasteiger partial charge in [-0.05, 0) is 18.2 Å². The van der Waals surface area contributed by atoms with Crippen LogP contribution in [0.5, 0.6) is 0 Å². The average molecular weight is 396 g/mol. The lowest BCUT2D eigenvalue weighted by Gasteiger charge is -2.30. The fraction of sp³-hybridized carbons (Fsp3) is 0.167. The zero-order chi connectivity index (χ0) is 20.1. The minimum absolute atomic E-state index is 0.00316. The highest BCUT2D eigenvalue weighted by molar-refractivity contribution is 6.28. The van der Waals surface area contributed by atoms with E-state index < -0.39 is 0 Å². The minimum Gasteiger partial charge on any atom is -0.367 e. The fourth-order valence-corrected chi connectivity index (χ4v) is 4.46. The number of fused-ring (bicyclic) bond motifs is 2. The summed E-state index contributed by atoms with van der Waals surface area (Å²) in [6.07, 6.45) is 0. The van der Waals surface area contributed by atoms with E-state index in [1.807, 2.05) is 60.7 Å². The summed E-state index contributed by atoms with van der Waals surface area (Å²) in [6, 6.07) is 19.6. The van der Waals surface area contributed by atoms with Gasteiger partial charge in [0.1, 0.15) is 5.52 Å². The van der Waals surface area contributed by atoms with E-state index in [4.69, 9.17) is 4.52 Å². The average Bonchev–Trinajstić information content (AvgIpc) is 3.24. The van der Waals surface area contributed by atoms with E-state index in [0.29, 0.717) is 16.9 Å². The normalized spacial score (nSPS) is 15.3. The summed E-state index contributed by atoms with van der Waals surface area (Å²) in [6.45, 7) is 3.59. The molecule has 3 aromatic carbocycles. The first kappa shape index (κ1) is 17.2. The van der Waals surface area contributed by atoms with E-state index in [9.17, 15) is 4.79 Å². The quantitative estimate of drug-likeness (QED) is 0.477. The number of carbonyl (C=O) groups is 1. The molecular formula is C24H20N4O2. The lowest BCUT2D eigenvalue weighted by atomic mass is 9.86. The molecule has 4 aromatic rings. The monoisotopic (exact) mass is 396 g/mol. The second kappa shape index (κ2) is 6.71. The molecule has 2 heterocycles. The van der Waals surface area contributed by atoms with Crippen LogP contribution in [0, 0.1) is 0 Å². The second-order valence-corrected chi connectivity index (χ2v) is 7.66. The van der Waals surface area contributed by atoms with Gasteiger partial charge in [-0.3, -0.25) is 4.79 Å². The molecule has 1 aliphatic carbocycles. The molecule has 0 unspecified atom stereocenters. The topological polar surface area (TPSA) is 70.4 Å². The summed E-state index contributed by atoms with van der Waals surface area (Å²) >= 11 is 0. The molecular weight excluding hydrogens is 376 g/mol. The molecule has 1 fully saturated rings. The molecule has 0 bridgehead atoms. The van der Waals surface area contributed by atoms with E-state index >= 15 is 0 Å². The Hall–Kier alpha value is -3.64. The molecule has 2 aliphatic rings.